The molecule has 0 aliphatic heterocycles. The summed E-state index contributed by atoms with van der Waals surface area (Å²) in [6.45, 7) is 2.09. The third kappa shape index (κ3) is 5.35. The fourth-order valence-corrected chi connectivity index (χ4v) is 3.67. The van der Waals surface area contributed by atoms with Crippen LogP contribution in [0.4, 0.5) is 10.6 Å². The van der Waals surface area contributed by atoms with Crippen molar-refractivity contribution in [3.8, 4) is 0 Å². The van der Waals surface area contributed by atoms with E-state index in [0.717, 1.165) is 27.6 Å². The van der Waals surface area contributed by atoms with Gasteiger partial charge in [-0.1, -0.05) is 42.5 Å². The topological polar surface area (TPSA) is 100 Å². The van der Waals surface area contributed by atoms with Crippen LogP contribution in [0, 0.1) is 6.92 Å². The first-order chi connectivity index (χ1) is 16.0. The number of nitrogens with one attached hydrogen (secondary N) is 2. The number of carbonyl (C=O) groups excluding carboxylic acids is 2. The molecule has 0 bridgehead atoms. The molecular formula is C25H25N5O3. The molecule has 1 atom stereocenters. The third-order valence-electron chi connectivity index (χ3n) is 5.37. The molecule has 0 fully saturated rings. The van der Waals surface area contributed by atoms with Gasteiger partial charge < -0.3 is 10.1 Å². The van der Waals surface area contributed by atoms with Gasteiger partial charge in [0.15, 0.2) is 0 Å². The van der Waals surface area contributed by atoms with E-state index in [4.69, 9.17) is 4.74 Å². The van der Waals surface area contributed by atoms with Crippen molar-refractivity contribution >= 4 is 28.7 Å². The van der Waals surface area contributed by atoms with E-state index in [9.17, 15) is 9.59 Å². The molecule has 0 saturated heterocycles. The van der Waals surface area contributed by atoms with E-state index in [2.05, 4.69) is 20.5 Å². The summed E-state index contributed by atoms with van der Waals surface area (Å²) in [4.78, 5) is 31.6. The molecule has 2 aromatic heterocycles. The number of aromatic amines is 1. The zero-order valence-corrected chi connectivity index (χ0v) is 18.5. The van der Waals surface area contributed by atoms with E-state index < -0.39 is 12.1 Å². The van der Waals surface area contributed by atoms with Crippen molar-refractivity contribution in [3.63, 3.8) is 0 Å². The number of likely N-dealkylation sites (N-methyl/N-ethyl adjacent to an activating group) is 1. The second-order valence-corrected chi connectivity index (χ2v) is 7.79. The van der Waals surface area contributed by atoms with E-state index in [1.54, 1.807) is 37.6 Å². The first-order valence-electron chi connectivity index (χ1n) is 10.6. The van der Waals surface area contributed by atoms with Crippen LogP contribution in [-0.2, 0) is 22.6 Å². The van der Waals surface area contributed by atoms with Crippen LogP contribution in [0.15, 0.2) is 73.1 Å². The molecule has 0 saturated carbocycles. The summed E-state index contributed by atoms with van der Waals surface area (Å²) >= 11 is 0. The monoisotopic (exact) mass is 443 g/mol. The van der Waals surface area contributed by atoms with Gasteiger partial charge in [0.05, 0.1) is 11.7 Å². The van der Waals surface area contributed by atoms with Gasteiger partial charge in [0.2, 0.25) is 0 Å². The summed E-state index contributed by atoms with van der Waals surface area (Å²) in [7, 11) is 1.64. The minimum atomic E-state index is -0.843. The number of hydrogen-bond donors (Lipinski definition) is 2. The van der Waals surface area contributed by atoms with E-state index in [0.29, 0.717) is 12.2 Å². The smallest absolute Gasteiger partial charge is 0.408 e. The van der Waals surface area contributed by atoms with Crippen LogP contribution in [0.1, 0.15) is 16.7 Å². The summed E-state index contributed by atoms with van der Waals surface area (Å²) in [5.74, 6) is 0.198. The average Bonchev–Trinajstić information content (AvgIpc) is 3.32. The maximum Gasteiger partial charge on any atom is 0.408 e. The van der Waals surface area contributed by atoms with Gasteiger partial charge in [0, 0.05) is 25.1 Å². The van der Waals surface area contributed by atoms with Crippen LogP contribution in [0.5, 0.6) is 0 Å². The van der Waals surface area contributed by atoms with Crippen LogP contribution in [-0.4, -0.2) is 40.3 Å². The summed E-state index contributed by atoms with van der Waals surface area (Å²) in [5, 5.41) is 10.8. The molecule has 8 nitrogen and oxygen atoms in total. The lowest BCUT2D eigenvalue weighted by Crippen LogP contribution is -2.49. The number of anilines is 1. The number of H-pyrrole nitrogens is 1. The molecule has 1 unspecified atom stereocenters. The van der Waals surface area contributed by atoms with Crippen LogP contribution in [0.3, 0.4) is 0 Å². The molecule has 0 spiro atoms. The van der Waals surface area contributed by atoms with Crippen molar-refractivity contribution in [2.45, 2.75) is 26.0 Å². The van der Waals surface area contributed by atoms with Crippen LogP contribution >= 0.6 is 0 Å². The van der Waals surface area contributed by atoms with Gasteiger partial charge in [0.1, 0.15) is 18.5 Å². The van der Waals surface area contributed by atoms with E-state index in [1.165, 1.54) is 4.90 Å². The number of nitrogens with zero attached hydrogens (tertiary/aromatic N) is 3. The van der Waals surface area contributed by atoms with Gasteiger partial charge in [-0.3, -0.25) is 14.8 Å². The second kappa shape index (κ2) is 9.95. The highest BCUT2D eigenvalue weighted by Crippen LogP contribution is 2.20. The SMILES string of the molecule is Cc1cc(CC(NC(=O)OCc2ccccc2)C(=O)N(C)c2ccccn2)cc2cn[nH]c12. The van der Waals surface area contributed by atoms with Crippen molar-refractivity contribution in [2.75, 3.05) is 11.9 Å². The van der Waals surface area contributed by atoms with Crippen LogP contribution in [0.2, 0.25) is 0 Å². The number of alkyl carbamates (subject to hydrolysis) is 1. The third-order valence-corrected chi connectivity index (χ3v) is 5.37. The Morgan fingerprint density at radius 3 is 2.64 bits per heavy atom. The van der Waals surface area contributed by atoms with Gasteiger partial charge >= 0.3 is 6.09 Å². The largest absolute Gasteiger partial charge is 0.445 e. The molecule has 4 rings (SSSR count). The first kappa shape index (κ1) is 22.0. The predicted octanol–water partition coefficient (Wildman–Crippen LogP) is 3.77. The molecule has 2 N–H and O–H groups in total. The number of aromatic nitrogens is 3. The van der Waals surface area contributed by atoms with Gasteiger partial charge in [0.25, 0.3) is 5.91 Å². The van der Waals surface area contributed by atoms with Crippen molar-refractivity contribution in [2.24, 2.45) is 0 Å². The second-order valence-electron chi connectivity index (χ2n) is 7.79. The Morgan fingerprint density at radius 2 is 1.88 bits per heavy atom. The van der Waals surface area contributed by atoms with Crippen molar-refractivity contribution < 1.29 is 14.3 Å². The Morgan fingerprint density at radius 1 is 1.09 bits per heavy atom. The van der Waals surface area contributed by atoms with Crippen molar-refractivity contribution in [3.05, 3.63) is 89.7 Å². The van der Waals surface area contributed by atoms with Crippen LogP contribution in [0.25, 0.3) is 10.9 Å². The van der Waals surface area contributed by atoms with E-state index >= 15 is 0 Å². The molecule has 8 heteroatoms. The number of carbonyl (C=O) groups is 2. The Bertz CT molecular complexity index is 1240. The fourth-order valence-electron chi connectivity index (χ4n) is 3.67. The molecule has 2 aromatic carbocycles. The fraction of sp³-hybridized carbons (Fsp3) is 0.200. The number of hydrogen-bond acceptors (Lipinski definition) is 5. The zero-order valence-electron chi connectivity index (χ0n) is 18.5. The highest BCUT2D eigenvalue weighted by molar-refractivity contribution is 5.97. The molecular weight excluding hydrogens is 418 g/mol. The summed E-state index contributed by atoms with van der Waals surface area (Å²) in [6.07, 6.45) is 2.99. The summed E-state index contributed by atoms with van der Waals surface area (Å²) in [6, 6.07) is 17.8. The van der Waals surface area contributed by atoms with Crippen molar-refractivity contribution in [1.82, 2.24) is 20.5 Å². The summed E-state index contributed by atoms with van der Waals surface area (Å²) < 4.78 is 5.36. The molecule has 0 radical (unpaired) electrons. The predicted molar refractivity (Wildman–Crippen MR) is 126 cm³/mol. The minimum absolute atomic E-state index is 0.115. The number of rotatable bonds is 7. The molecule has 168 valence electrons. The van der Waals surface area contributed by atoms with Crippen LogP contribution < -0.4 is 10.2 Å². The number of ether oxygens (including phenoxy) is 1. The zero-order chi connectivity index (χ0) is 23.2. The minimum Gasteiger partial charge on any atom is -0.445 e. The number of amides is 2. The lowest BCUT2D eigenvalue weighted by atomic mass is 10.0. The Balaban J connectivity index is 1.53. The van der Waals surface area contributed by atoms with E-state index in [-0.39, 0.29) is 12.5 Å². The first-order valence-corrected chi connectivity index (χ1v) is 10.6. The normalized spacial score (nSPS) is 11.7. The quantitative estimate of drug-likeness (QED) is 0.453. The number of fused-ring (bicyclic) bond motifs is 1. The van der Waals surface area contributed by atoms with Gasteiger partial charge in [-0.05, 0) is 41.8 Å². The number of pyridine rings is 1. The van der Waals surface area contributed by atoms with Crippen molar-refractivity contribution in [1.29, 1.82) is 0 Å². The Labute approximate surface area is 191 Å². The van der Waals surface area contributed by atoms with Gasteiger partial charge in [-0.25, -0.2) is 9.78 Å². The maximum absolute atomic E-state index is 13.4. The molecule has 33 heavy (non-hydrogen) atoms. The number of benzene rings is 2. The molecule has 2 amide bonds. The molecule has 0 aliphatic rings. The standard InChI is InChI=1S/C25H25N5O3/c1-17-12-19(13-20-15-27-29-23(17)20)14-21(24(31)30(2)22-10-6-7-11-26-22)28-25(32)33-16-18-8-4-3-5-9-18/h3-13,15,21H,14,16H2,1-2H3,(H,27,29)(H,28,32). The molecule has 2 heterocycles. The molecule has 4 aromatic rings. The Kier molecular flexibility index (Phi) is 6.64. The van der Waals surface area contributed by atoms with Gasteiger partial charge in [-0.15, -0.1) is 0 Å². The average molecular weight is 444 g/mol. The summed E-state index contributed by atoms with van der Waals surface area (Å²) in [5.41, 5.74) is 3.72. The lowest BCUT2D eigenvalue weighted by Gasteiger charge is -2.24. The lowest BCUT2D eigenvalue weighted by molar-refractivity contribution is -0.120. The number of aryl methyl sites for hydroxylation is 1. The maximum atomic E-state index is 13.4. The van der Waals surface area contributed by atoms with Gasteiger partial charge in [-0.2, -0.15) is 5.10 Å². The Hall–Kier alpha value is -4.20. The highest BCUT2D eigenvalue weighted by Gasteiger charge is 2.26. The highest BCUT2D eigenvalue weighted by atomic mass is 16.5. The van der Waals surface area contributed by atoms with E-state index in [1.807, 2.05) is 49.4 Å². The molecule has 0 aliphatic carbocycles.